The first kappa shape index (κ1) is 12.1. The topological polar surface area (TPSA) is 84.6 Å². The van der Waals surface area contributed by atoms with E-state index in [1.165, 1.54) is 12.1 Å². The third-order valence-electron chi connectivity index (χ3n) is 1.84. The molecule has 0 heterocycles. The molecule has 0 unspecified atom stereocenters. The average molecular weight is 228 g/mol. The van der Waals surface area contributed by atoms with Crippen LogP contribution >= 0.6 is 0 Å². The van der Waals surface area contributed by atoms with E-state index in [2.05, 4.69) is 5.32 Å². The lowest BCUT2D eigenvalue weighted by Crippen LogP contribution is -2.35. The summed E-state index contributed by atoms with van der Waals surface area (Å²) < 4.78 is 18.2. The van der Waals surface area contributed by atoms with Crippen molar-refractivity contribution in [2.45, 2.75) is 13.0 Å². The molecule has 6 heteroatoms. The highest BCUT2D eigenvalue weighted by molar-refractivity contribution is 5.64. The van der Waals surface area contributed by atoms with Crippen LogP contribution in [0, 0.1) is 5.82 Å². The number of rotatable bonds is 4. The molecular formula is C10H13FN2O3. The first-order chi connectivity index (χ1) is 7.49. The van der Waals surface area contributed by atoms with Gasteiger partial charge in [0.2, 0.25) is 0 Å². The molecule has 88 valence electrons. The van der Waals surface area contributed by atoms with Crippen LogP contribution in [-0.4, -0.2) is 23.8 Å². The molecule has 4 N–H and O–H groups in total. The lowest BCUT2D eigenvalue weighted by Gasteiger charge is -2.13. The summed E-state index contributed by atoms with van der Waals surface area (Å²) in [5, 5.41) is 10.6. The normalized spacial score (nSPS) is 11.9. The number of ether oxygens (including phenoxy) is 1. The third kappa shape index (κ3) is 3.64. The maximum absolute atomic E-state index is 13.0. The van der Waals surface area contributed by atoms with Gasteiger partial charge < -0.3 is 20.9 Å². The Labute approximate surface area is 92.0 Å². The molecule has 1 atom stereocenters. The Hall–Kier alpha value is -1.98. The molecule has 1 aromatic rings. The van der Waals surface area contributed by atoms with Crippen LogP contribution in [0.4, 0.5) is 14.9 Å². The maximum atomic E-state index is 13.0. The van der Waals surface area contributed by atoms with Gasteiger partial charge in [-0.15, -0.1) is 0 Å². The largest absolute Gasteiger partial charge is 0.491 e. The number of carboxylic acid groups (broad SMARTS) is 1. The van der Waals surface area contributed by atoms with E-state index in [4.69, 9.17) is 15.6 Å². The Balaban J connectivity index is 2.48. The zero-order chi connectivity index (χ0) is 12.1. The van der Waals surface area contributed by atoms with Gasteiger partial charge in [0.05, 0.1) is 11.7 Å². The molecule has 0 fully saturated rings. The number of halogens is 1. The van der Waals surface area contributed by atoms with Gasteiger partial charge in [-0.3, -0.25) is 0 Å². The Morgan fingerprint density at radius 1 is 1.69 bits per heavy atom. The monoisotopic (exact) mass is 228 g/mol. The number of anilines is 1. The van der Waals surface area contributed by atoms with Crippen LogP contribution in [0.15, 0.2) is 18.2 Å². The molecule has 0 aliphatic rings. The van der Waals surface area contributed by atoms with E-state index in [1.54, 1.807) is 6.92 Å². The van der Waals surface area contributed by atoms with Gasteiger partial charge >= 0.3 is 6.09 Å². The highest BCUT2D eigenvalue weighted by atomic mass is 19.1. The van der Waals surface area contributed by atoms with Crippen molar-refractivity contribution >= 4 is 11.8 Å². The number of hydrogen-bond acceptors (Lipinski definition) is 3. The second-order valence-electron chi connectivity index (χ2n) is 3.34. The van der Waals surface area contributed by atoms with Gasteiger partial charge in [0.25, 0.3) is 0 Å². The van der Waals surface area contributed by atoms with Crippen molar-refractivity contribution in [3.05, 3.63) is 24.0 Å². The van der Waals surface area contributed by atoms with E-state index in [9.17, 15) is 9.18 Å². The van der Waals surface area contributed by atoms with Gasteiger partial charge in [-0.1, -0.05) is 0 Å². The summed E-state index contributed by atoms with van der Waals surface area (Å²) in [7, 11) is 0. The standard InChI is InChI=1S/C10H13FN2O3/c1-6(13-10(14)15)5-16-7-2-3-9(12)8(11)4-7/h2-4,6,13H,5,12H2,1H3,(H,14,15)/t6-/m0/s1. The quantitative estimate of drug-likeness (QED) is 0.681. The highest BCUT2D eigenvalue weighted by Gasteiger charge is 2.07. The second kappa shape index (κ2) is 5.20. The van der Waals surface area contributed by atoms with Gasteiger partial charge in [-0.2, -0.15) is 0 Å². The van der Waals surface area contributed by atoms with Gasteiger partial charge in [0, 0.05) is 6.07 Å². The molecule has 0 bridgehead atoms. The van der Waals surface area contributed by atoms with Crippen molar-refractivity contribution in [3.63, 3.8) is 0 Å². The van der Waals surface area contributed by atoms with Crippen LogP contribution in [0.2, 0.25) is 0 Å². The van der Waals surface area contributed by atoms with Crippen LogP contribution < -0.4 is 15.8 Å². The van der Waals surface area contributed by atoms with Gasteiger partial charge in [0.15, 0.2) is 0 Å². The number of amides is 1. The van der Waals surface area contributed by atoms with Crippen LogP contribution in [0.25, 0.3) is 0 Å². The SMILES string of the molecule is C[C@@H](COc1ccc(N)c(F)c1)NC(=O)O. The zero-order valence-corrected chi connectivity index (χ0v) is 8.74. The molecule has 0 aliphatic heterocycles. The lowest BCUT2D eigenvalue weighted by atomic mass is 10.3. The molecule has 5 nitrogen and oxygen atoms in total. The summed E-state index contributed by atoms with van der Waals surface area (Å²) in [6.07, 6.45) is -1.13. The van der Waals surface area contributed by atoms with Crippen molar-refractivity contribution in [1.82, 2.24) is 5.32 Å². The number of benzene rings is 1. The van der Waals surface area contributed by atoms with Crippen LogP contribution in [0.5, 0.6) is 5.75 Å². The van der Waals surface area contributed by atoms with Gasteiger partial charge in [0.1, 0.15) is 18.2 Å². The number of nitrogens with one attached hydrogen (secondary N) is 1. The molecule has 0 radical (unpaired) electrons. The minimum atomic E-state index is -1.13. The Morgan fingerprint density at radius 3 is 2.94 bits per heavy atom. The number of nitrogen functional groups attached to an aromatic ring is 1. The van der Waals surface area contributed by atoms with Crippen molar-refractivity contribution in [2.24, 2.45) is 0 Å². The predicted molar refractivity (Wildman–Crippen MR) is 56.9 cm³/mol. The fourth-order valence-electron chi connectivity index (χ4n) is 1.07. The summed E-state index contributed by atoms with van der Waals surface area (Å²) >= 11 is 0. The molecular weight excluding hydrogens is 215 g/mol. The minimum Gasteiger partial charge on any atom is -0.491 e. The first-order valence-corrected chi connectivity index (χ1v) is 4.66. The first-order valence-electron chi connectivity index (χ1n) is 4.66. The molecule has 0 spiro atoms. The number of hydrogen-bond donors (Lipinski definition) is 3. The molecule has 0 aromatic heterocycles. The second-order valence-corrected chi connectivity index (χ2v) is 3.34. The molecule has 0 saturated heterocycles. The van der Waals surface area contributed by atoms with Crippen LogP contribution in [-0.2, 0) is 0 Å². The average Bonchev–Trinajstić information content (AvgIpc) is 2.19. The number of carbonyl (C=O) groups is 1. The third-order valence-corrected chi connectivity index (χ3v) is 1.84. The van der Waals surface area contributed by atoms with E-state index in [1.807, 2.05) is 0 Å². The molecule has 0 saturated carbocycles. The smallest absolute Gasteiger partial charge is 0.404 e. The van der Waals surface area contributed by atoms with Crippen molar-refractivity contribution < 1.29 is 19.0 Å². The Bertz CT molecular complexity index is 384. The van der Waals surface area contributed by atoms with Gasteiger partial charge in [-0.05, 0) is 19.1 Å². The van der Waals surface area contributed by atoms with Crippen molar-refractivity contribution in [2.75, 3.05) is 12.3 Å². The van der Waals surface area contributed by atoms with Crippen molar-refractivity contribution in [1.29, 1.82) is 0 Å². The Kier molecular flexibility index (Phi) is 3.93. The molecule has 16 heavy (non-hydrogen) atoms. The fraction of sp³-hybridized carbons (Fsp3) is 0.300. The molecule has 1 amide bonds. The van der Waals surface area contributed by atoms with Gasteiger partial charge in [-0.25, -0.2) is 9.18 Å². The summed E-state index contributed by atoms with van der Waals surface area (Å²) in [5.74, 6) is -0.248. The van der Waals surface area contributed by atoms with E-state index in [-0.39, 0.29) is 18.3 Å². The predicted octanol–water partition coefficient (Wildman–Crippen LogP) is 1.44. The molecule has 1 rings (SSSR count). The zero-order valence-electron chi connectivity index (χ0n) is 8.74. The van der Waals surface area contributed by atoms with E-state index in [0.717, 1.165) is 6.07 Å². The summed E-state index contributed by atoms with van der Waals surface area (Å²) in [4.78, 5) is 10.3. The summed E-state index contributed by atoms with van der Waals surface area (Å²) in [5.41, 5.74) is 5.34. The van der Waals surface area contributed by atoms with Crippen molar-refractivity contribution in [3.8, 4) is 5.75 Å². The van der Waals surface area contributed by atoms with E-state index < -0.39 is 11.9 Å². The molecule has 0 aliphatic carbocycles. The fourth-order valence-corrected chi connectivity index (χ4v) is 1.07. The minimum absolute atomic E-state index is 0.0454. The highest BCUT2D eigenvalue weighted by Crippen LogP contribution is 2.17. The van der Waals surface area contributed by atoms with Crippen LogP contribution in [0.1, 0.15) is 6.92 Å². The Morgan fingerprint density at radius 2 is 2.38 bits per heavy atom. The summed E-state index contributed by atoms with van der Waals surface area (Å²) in [6.45, 7) is 1.76. The maximum Gasteiger partial charge on any atom is 0.404 e. The lowest BCUT2D eigenvalue weighted by molar-refractivity contribution is 0.183. The van der Waals surface area contributed by atoms with E-state index in [0.29, 0.717) is 5.75 Å². The number of nitrogens with two attached hydrogens (primary N) is 1. The molecule has 1 aromatic carbocycles. The van der Waals surface area contributed by atoms with Crippen LogP contribution in [0.3, 0.4) is 0 Å². The summed E-state index contributed by atoms with van der Waals surface area (Å²) in [6, 6.07) is 3.69. The van der Waals surface area contributed by atoms with E-state index >= 15 is 0 Å².